The van der Waals surface area contributed by atoms with E-state index in [1.807, 2.05) is 24.3 Å². The molecule has 5 nitrogen and oxygen atoms in total. The molecule has 24 heavy (non-hydrogen) atoms. The van der Waals surface area contributed by atoms with E-state index in [9.17, 15) is 9.59 Å². The standard InChI is InChI=1S/C17H24N2O3S.ClH/c1-4-19(5-2)10-11-22-15(20)12-17(3)16(21)18-13-8-6-7-9-14(13)23-17;/h6-9H,4-5,10-12H2,1-3H3,(H,18,21);1H. The Morgan fingerprint density at radius 1 is 1.29 bits per heavy atom. The van der Waals surface area contributed by atoms with Gasteiger partial charge in [0, 0.05) is 11.4 Å². The van der Waals surface area contributed by atoms with E-state index in [1.54, 1.807) is 6.92 Å². The number of fused-ring (bicyclic) bond motifs is 1. The number of rotatable bonds is 7. The third-order valence-electron chi connectivity index (χ3n) is 4.00. The van der Waals surface area contributed by atoms with E-state index in [2.05, 4.69) is 24.1 Å². The zero-order valence-electron chi connectivity index (χ0n) is 14.3. The number of carbonyl (C=O) groups is 2. The number of thioether (sulfide) groups is 1. The van der Waals surface area contributed by atoms with Crippen LogP contribution in [0.15, 0.2) is 29.2 Å². The number of para-hydroxylation sites is 1. The Bertz CT molecular complexity index is 581. The number of hydrogen-bond acceptors (Lipinski definition) is 5. The van der Waals surface area contributed by atoms with Gasteiger partial charge < -0.3 is 15.0 Å². The van der Waals surface area contributed by atoms with E-state index in [0.717, 1.165) is 30.2 Å². The van der Waals surface area contributed by atoms with Crippen molar-refractivity contribution in [1.82, 2.24) is 4.90 Å². The minimum absolute atomic E-state index is 0. The zero-order chi connectivity index (χ0) is 16.9. The zero-order valence-corrected chi connectivity index (χ0v) is 16.0. The molecule has 1 N–H and O–H groups in total. The van der Waals surface area contributed by atoms with E-state index < -0.39 is 4.75 Å². The average molecular weight is 373 g/mol. The van der Waals surface area contributed by atoms with Crippen molar-refractivity contribution in [3.63, 3.8) is 0 Å². The first kappa shape index (κ1) is 20.8. The van der Waals surface area contributed by atoms with Gasteiger partial charge in [-0.15, -0.1) is 24.2 Å². The molecule has 1 atom stereocenters. The maximum absolute atomic E-state index is 12.3. The van der Waals surface area contributed by atoms with Gasteiger partial charge in [-0.2, -0.15) is 0 Å². The summed E-state index contributed by atoms with van der Waals surface area (Å²) in [5, 5.41) is 2.87. The molecule has 2 rings (SSSR count). The molecule has 1 aliphatic rings. The third kappa shape index (κ3) is 5.13. The predicted octanol–water partition coefficient (Wildman–Crippen LogP) is 3.19. The largest absolute Gasteiger partial charge is 0.464 e. The number of halogens is 1. The molecular weight excluding hydrogens is 348 g/mol. The van der Waals surface area contributed by atoms with Crippen LogP contribution in [0.1, 0.15) is 27.2 Å². The van der Waals surface area contributed by atoms with Crippen molar-refractivity contribution in [2.45, 2.75) is 36.8 Å². The summed E-state index contributed by atoms with van der Waals surface area (Å²) < 4.78 is 4.47. The van der Waals surface area contributed by atoms with Gasteiger partial charge in [-0.05, 0) is 32.1 Å². The second kappa shape index (κ2) is 9.30. The highest BCUT2D eigenvalue weighted by atomic mass is 35.5. The van der Waals surface area contributed by atoms with Crippen LogP contribution in [-0.2, 0) is 14.3 Å². The van der Waals surface area contributed by atoms with E-state index >= 15 is 0 Å². The molecule has 0 aliphatic carbocycles. The van der Waals surface area contributed by atoms with Crippen LogP contribution >= 0.6 is 24.2 Å². The van der Waals surface area contributed by atoms with Gasteiger partial charge in [0.15, 0.2) is 0 Å². The lowest BCUT2D eigenvalue weighted by molar-refractivity contribution is -0.145. The SMILES string of the molecule is CCN(CC)CCOC(=O)CC1(C)Sc2ccccc2NC1=O.Cl. The van der Waals surface area contributed by atoms with Crippen molar-refractivity contribution in [1.29, 1.82) is 0 Å². The highest BCUT2D eigenvalue weighted by Gasteiger charge is 2.41. The summed E-state index contributed by atoms with van der Waals surface area (Å²) in [5.41, 5.74) is 0.801. The molecule has 1 aliphatic heterocycles. The number of likely N-dealkylation sites (N-methyl/N-ethyl adjacent to an activating group) is 1. The number of nitrogens with zero attached hydrogens (tertiary/aromatic N) is 1. The number of nitrogens with one attached hydrogen (secondary N) is 1. The van der Waals surface area contributed by atoms with E-state index in [4.69, 9.17) is 4.74 Å². The Morgan fingerprint density at radius 2 is 1.96 bits per heavy atom. The smallest absolute Gasteiger partial charge is 0.307 e. The molecule has 0 fully saturated rings. The number of benzene rings is 1. The minimum atomic E-state index is -0.833. The van der Waals surface area contributed by atoms with Crippen LogP contribution in [-0.4, -0.2) is 47.8 Å². The molecule has 1 amide bonds. The minimum Gasteiger partial charge on any atom is -0.464 e. The Morgan fingerprint density at radius 3 is 2.62 bits per heavy atom. The van der Waals surface area contributed by atoms with Gasteiger partial charge >= 0.3 is 5.97 Å². The molecule has 0 radical (unpaired) electrons. The molecular formula is C17H25ClN2O3S. The molecule has 134 valence electrons. The Kier molecular flexibility index (Phi) is 8.06. The number of hydrogen-bond donors (Lipinski definition) is 1. The van der Waals surface area contributed by atoms with Crippen molar-refractivity contribution in [3.8, 4) is 0 Å². The summed E-state index contributed by atoms with van der Waals surface area (Å²) >= 11 is 1.42. The molecule has 0 saturated heterocycles. The maximum atomic E-state index is 12.3. The lowest BCUT2D eigenvalue weighted by Crippen LogP contribution is -2.42. The Hall–Kier alpha value is -1.24. The van der Waals surface area contributed by atoms with Gasteiger partial charge in [-0.25, -0.2) is 0 Å². The van der Waals surface area contributed by atoms with Gasteiger partial charge in [-0.1, -0.05) is 26.0 Å². The summed E-state index contributed by atoms with van der Waals surface area (Å²) in [6.07, 6.45) is 0.0656. The third-order valence-corrected chi connectivity index (χ3v) is 5.35. The molecule has 1 aromatic carbocycles. The summed E-state index contributed by atoms with van der Waals surface area (Å²) in [6.45, 7) is 8.88. The topological polar surface area (TPSA) is 58.6 Å². The van der Waals surface area contributed by atoms with E-state index in [1.165, 1.54) is 11.8 Å². The average Bonchev–Trinajstić information content (AvgIpc) is 2.52. The maximum Gasteiger partial charge on any atom is 0.307 e. The molecule has 0 saturated carbocycles. The highest BCUT2D eigenvalue weighted by molar-refractivity contribution is 8.01. The van der Waals surface area contributed by atoms with Crippen LogP contribution in [0.3, 0.4) is 0 Å². The summed E-state index contributed by atoms with van der Waals surface area (Å²) in [5.74, 6) is -0.483. The molecule has 1 unspecified atom stereocenters. The van der Waals surface area contributed by atoms with Gasteiger partial charge in [0.05, 0.1) is 12.1 Å². The lowest BCUT2D eigenvalue weighted by Gasteiger charge is -2.32. The fraction of sp³-hybridized carbons (Fsp3) is 0.529. The molecule has 7 heteroatoms. The molecule has 1 heterocycles. The highest BCUT2D eigenvalue weighted by Crippen LogP contribution is 2.44. The second-order valence-electron chi connectivity index (χ2n) is 5.71. The summed E-state index contributed by atoms with van der Waals surface area (Å²) in [4.78, 5) is 27.6. The molecule has 0 bridgehead atoms. The fourth-order valence-electron chi connectivity index (χ4n) is 2.47. The summed E-state index contributed by atoms with van der Waals surface area (Å²) in [6, 6.07) is 7.61. The van der Waals surface area contributed by atoms with Crippen molar-refractivity contribution < 1.29 is 14.3 Å². The van der Waals surface area contributed by atoms with Gasteiger partial charge in [0.2, 0.25) is 5.91 Å². The van der Waals surface area contributed by atoms with Crippen LogP contribution < -0.4 is 5.32 Å². The quantitative estimate of drug-likeness (QED) is 0.745. The first-order valence-electron chi connectivity index (χ1n) is 7.96. The van der Waals surface area contributed by atoms with Gasteiger partial charge in [0.25, 0.3) is 0 Å². The Balaban J connectivity index is 0.00000288. The van der Waals surface area contributed by atoms with Crippen molar-refractivity contribution in [2.24, 2.45) is 0 Å². The van der Waals surface area contributed by atoms with E-state index in [-0.39, 0.29) is 30.7 Å². The lowest BCUT2D eigenvalue weighted by atomic mass is 10.1. The molecule has 1 aromatic rings. The first-order chi connectivity index (χ1) is 11.0. The van der Waals surface area contributed by atoms with Crippen LogP contribution in [0, 0.1) is 0 Å². The monoisotopic (exact) mass is 372 g/mol. The molecule has 0 spiro atoms. The number of esters is 1. The van der Waals surface area contributed by atoms with Crippen LogP contribution in [0.2, 0.25) is 0 Å². The normalized spacial score (nSPS) is 19.2. The van der Waals surface area contributed by atoms with E-state index in [0.29, 0.717) is 6.61 Å². The van der Waals surface area contributed by atoms with Gasteiger partial charge in [-0.3, -0.25) is 9.59 Å². The van der Waals surface area contributed by atoms with Crippen molar-refractivity contribution in [2.75, 3.05) is 31.6 Å². The van der Waals surface area contributed by atoms with Crippen molar-refractivity contribution in [3.05, 3.63) is 24.3 Å². The van der Waals surface area contributed by atoms with Crippen LogP contribution in [0.25, 0.3) is 0 Å². The summed E-state index contributed by atoms with van der Waals surface area (Å²) in [7, 11) is 0. The van der Waals surface area contributed by atoms with Crippen molar-refractivity contribution >= 4 is 41.7 Å². The molecule has 0 aromatic heterocycles. The number of anilines is 1. The predicted molar refractivity (Wildman–Crippen MR) is 99.9 cm³/mol. The fourth-order valence-corrected chi connectivity index (χ4v) is 3.67. The number of amides is 1. The number of ether oxygens (including phenoxy) is 1. The first-order valence-corrected chi connectivity index (χ1v) is 8.77. The number of carbonyl (C=O) groups excluding carboxylic acids is 2. The second-order valence-corrected chi connectivity index (χ2v) is 7.25. The Labute approximate surface area is 153 Å². The van der Waals surface area contributed by atoms with Crippen LogP contribution in [0.5, 0.6) is 0 Å². The van der Waals surface area contributed by atoms with Gasteiger partial charge in [0.1, 0.15) is 11.4 Å². The van der Waals surface area contributed by atoms with Crippen LogP contribution in [0.4, 0.5) is 5.69 Å².